The molecule has 6 heteroatoms. The number of benzene rings is 2. The van der Waals surface area contributed by atoms with Gasteiger partial charge in [-0.2, -0.15) is 0 Å². The summed E-state index contributed by atoms with van der Waals surface area (Å²) >= 11 is 0. The summed E-state index contributed by atoms with van der Waals surface area (Å²) in [5, 5.41) is 0. The lowest BCUT2D eigenvalue weighted by Crippen LogP contribution is -2.41. The number of ketones is 2. The predicted octanol–water partition coefficient (Wildman–Crippen LogP) is 2.88. The van der Waals surface area contributed by atoms with E-state index in [1.165, 1.54) is 12.1 Å². The first-order valence-corrected chi connectivity index (χ1v) is 9.73. The number of amides is 1. The number of hydrogen-bond donors (Lipinski definition) is 0. The molecule has 2 aromatic rings. The topological polar surface area (TPSA) is 80.8 Å². The van der Waals surface area contributed by atoms with Crippen molar-refractivity contribution in [1.29, 1.82) is 0 Å². The molecule has 2 aliphatic rings. The van der Waals surface area contributed by atoms with Crippen LogP contribution in [0.5, 0.6) is 0 Å². The molecule has 1 amide bonds. The molecule has 0 spiro atoms. The van der Waals surface area contributed by atoms with E-state index in [2.05, 4.69) is 6.92 Å². The molecule has 1 saturated heterocycles. The molecule has 0 bridgehead atoms. The van der Waals surface area contributed by atoms with Crippen LogP contribution in [0.1, 0.15) is 62.0 Å². The van der Waals surface area contributed by atoms with E-state index >= 15 is 0 Å². The molecular formula is C23H21NO5. The number of likely N-dealkylation sites (tertiary alicyclic amines) is 1. The van der Waals surface area contributed by atoms with E-state index in [0.717, 1.165) is 12.8 Å². The number of piperidine rings is 1. The lowest BCUT2D eigenvalue weighted by molar-refractivity contribution is -0.136. The summed E-state index contributed by atoms with van der Waals surface area (Å²) in [6, 6.07) is 11.1. The van der Waals surface area contributed by atoms with Gasteiger partial charge in [-0.25, -0.2) is 4.79 Å². The molecule has 1 aliphatic carbocycles. The zero-order valence-electron chi connectivity index (χ0n) is 16.1. The number of carbonyl (C=O) groups excluding carboxylic acids is 4. The lowest BCUT2D eigenvalue weighted by Gasteiger charge is -2.30. The van der Waals surface area contributed by atoms with Crippen molar-refractivity contribution in [3.8, 4) is 0 Å². The Bertz CT molecular complexity index is 1030. The van der Waals surface area contributed by atoms with Crippen LogP contribution < -0.4 is 0 Å². The second-order valence-corrected chi connectivity index (χ2v) is 7.60. The third-order valence-electron chi connectivity index (χ3n) is 5.51. The van der Waals surface area contributed by atoms with Gasteiger partial charge in [0, 0.05) is 35.3 Å². The van der Waals surface area contributed by atoms with Gasteiger partial charge >= 0.3 is 5.97 Å². The van der Waals surface area contributed by atoms with Crippen molar-refractivity contribution >= 4 is 23.4 Å². The molecule has 4 rings (SSSR count). The average molecular weight is 391 g/mol. The fourth-order valence-corrected chi connectivity index (χ4v) is 4.03. The zero-order valence-corrected chi connectivity index (χ0v) is 16.1. The van der Waals surface area contributed by atoms with E-state index in [1.54, 1.807) is 35.2 Å². The molecule has 0 saturated carbocycles. The molecule has 1 atom stereocenters. The maximum atomic E-state index is 13.0. The van der Waals surface area contributed by atoms with E-state index < -0.39 is 5.97 Å². The van der Waals surface area contributed by atoms with Gasteiger partial charge in [-0.3, -0.25) is 14.4 Å². The Hall–Kier alpha value is -3.28. The van der Waals surface area contributed by atoms with Gasteiger partial charge in [0.1, 0.15) is 0 Å². The minimum Gasteiger partial charge on any atom is -0.452 e. The molecule has 1 aliphatic heterocycles. The SMILES string of the molecule is CC1CCCN(C(=O)COC(=O)c2cccc3c2C(=O)c2ccccc2C3=O)C1. The Morgan fingerprint density at radius 1 is 1.00 bits per heavy atom. The van der Waals surface area contributed by atoms with Crippen LogP contribution in [0, 0.1) is 5.92 Å². The quantitative estimate of drug-likeness (QED) is 0.642. The van der Waals surface area contributed by atoms with Crippen molar-refractivity contribution in [3.63, 3.8) is 0 Å². The Kier molecular flexibility index (Phi) is 5.01. The van der Waals surface area contributed by atoms with Gasteiger partial charge in [-0.15, -0.1) is 0 Å². The van der Waals surface area contributed by atoms with Crippen LogP contribution in [-0.4, -0.2) is 48.0 Å². The Morgan fingerprint density at radius 2 is 1.69 bits per heavy atom. The van der Waals surface area contributed by atoms with Gasteiger partial charge in [0.15, 0.2) is 18.2 Å². The highest BCUT2D eigenvalue weighted by molar-refractivity contribution is 6.30. The summed E-state index contributed by atoms with van der Waals surface area (Å²) in [5.74, 6) is -1.29. The Balaban J connectivity index is 1.55. The second kappa shape index (κ2) is 7.62. The number of hydrogen-bond acceptors (Lipinski definition) is 5. The zero-order chi connectivity index (χ0) is 20.5. The van der Waals surface area contributed by atoms with Crippen molar-refractivity contribution in [1.82, 2.24) is 4.90 Å². The standard InChI is InChI=1S/C23H21NO5/c1-14-6-5-11-24(12-14)19(25)13-29-23(28)18-10-4-9-17-20(18)22(27)16-8-3-2-7-15(16)21(17)26/h2-4,7-10,14H,5-6,11-13H2,1H3. The summed E-state index contributed by atoms with van der Waals surface area (Å²) in [6.07, 6.45) is 2.01. The molecule has 2 aromatic carbocycles. The summed E-state index contributed by atoms with van der Waals surface area (Å²) in [7, 11) is 0. The lowest BCUT2D eigenvalue weighted by atomic mass is 9.82. The first-order valence-electron chi connectivity index (χ1n) is 9.73. The van der Waals surface area contributed by atoms with Gasteiger partial charge in [0.2, 0.25) is 0 Å². The van der Waals surface area contributed by atoms with Gasteiger partial charge < -0.3 is 9.64 Å². The summed E-state index contributed by atoms with van der Waals surface area (Å²) in [4.78, 5) is 52.5. The summed E-state index contributed by atoms with van der Waals surface area (Å²) < 4.78 is 5.22. The van der Waals surface area contributed by atoms with E-state index in [4.69, 9.17) is 4.74 Å². The molecular weight excluding hydrogens is 370 g/mol. The van der Waals surface area contributed by atoms with E-state index in [9.17, 15) is 19.2 Å². The van der Waals surface area contributed by atoms with Crippen LogP contribution in [-0.2, 0) is 9.53 Å². The Labute approximate surface area is 168 Å². The molecule has 1 heterocycles. The van der Waals surface area contributed by atoms with Crippen LogP contribution in [0.3, 0.4) is 0 Å². The Morgan fingerprint density at radius 3 is 2.41 bits per heavy atom. The fraction of sp³-hybridized carbons (Fsp3) is 0.304. The normalized spacial score (nSPS) is 18.1. The summed E-state index contributed by atoms with van der Waals surface area (Å²) in [5.41, 5.74) is 0.822. The maximum Gasteiger partial charge on any atom is 0.339 e. The number of nitrogens with zero attached hydrogens (tertiary/aromatic N) is 1. The first kappa shape index (κ1) is 19.1. The highest BCUT2D eigenvalue weighted by Gasteiger charge is 2.33. The molecule has 0 N–H and O–H groups in total. The first-order chi connectivity index (χ1) is 14.0. The van der Waals surface area contributed by atoms with Crippen molar-refractivity contribution < 1.29 is 23.9 Å². The van der Waals surface area contributed by atoms with Crippen LogP contribution in [0.15, 0.2) is 42.5 Å². The number of rotatable bonds is 3. The predicted molar refractivity (Wildman–Crippen MR) is 105 cm³/mol. The van der Waals surface area contributed by atoms with Gasteiger partial charge in [0.25, 0.3) is 5.91 Å². The van der Waals surface area contributed by atoms with Crippen molar-refractivity contribution in [2.45, 2.75) is 19.8 Å². The molecule has 1 fully saturated rings. The molecule has 1 unspecified atom stereocenters. The highest BCUT2D eigenvalue weighted by Crippen LogP contribution is 2.29. The highest BCUT2D eigenvalue weighted by atomic mass is 16.5. The van der Waals surface area contributed by atoms with Crippen LogP contribution in [0.4, 0.5) is 0 Å². The molecule has 148 valence electrons. The van der Waals surface area contributed by atoms with E-state index in [-0.39, 0.29) is 46.3 Å². The maximum absolute atomic E-state index is 13.0. The third-order valence-corrected chi connectivity index (χ3v) is 5.51. The van der Waals surface area contributed by atoms with Crippen LogP contribution in [0.2, 0.25) is 0 Å². The third kappa shape index (κ3) is 3.46. The van der Waals surface area contributed by atoms with E-state index in [1.807, 2.05) is 0 Å². The molecule has 0 radical (unpaired) electrons. The van der Waals surface area contributed by atoms with Crippen LogP contribution in [0.25, 0.3) is 0 Å². The van der Waals surface area contributed by atoms with Crippen molar-refractivity contribution in [2.75, 3.05) is 19.7 Å². The molecule has 6 nitrogen and oxygen atoms in total. The molecule has 0 aromatic heterocycles. The largest absolute Gasteiger partial charge is 0.452 e. The minimum atomic E-state index is -0.777. The van der Waals surface area contributed by atoms with Crippen molar-refractivity contribution in [2.24, 2.45) is 5.92 Å². The number of carbonyl (C=O) groups is 4. The number of ether oxygens (including phenoxy) is 1. The van der Waals surface area contributed by atoms with Gasteiger partial charge in [0.05, 0.1) is 5.56 Å². The summed E-state index contributed by atoms with van der Waals surface area (Å²) in [6.45, 7) is 3.02. The number of esters is 1. The second-order valence-electron chi connectivity index (χ2n) is 7.60. The van der Waals surface area contributed by atoms with Crippen molar-refractivity contribution in [3.05, 3.63) is 70.3 Å². The minimum absolute atomic E-state index is 0.00941. The fourth-order valence-electron chi connectivity index (χ4n) is 4.03. The molecule has 29 heavy (non-hydrogen) atoms. The monoisotopic (exact) mass is 391 g/mol. The van der Waals surface area contributed by atoms with E-state index in [0.29, 0.717) is 24.6 Å². The van der Waals surface area contributed by atoms with Crippen LogP contribution >= 0.6 is 0 Å². The smallest absolute Gasteiger partial charge is 0.339 e. The number of fused-ring (bicyclic) bond motifs is 2. The van der Waals surface area contributed by atoms with Gasteiger partial charge in [-0.05, 0) is 24.8 Å². The van der Waals surface area contributed by atoms with Gasteiger partial charge in [-0.1, -0.05) is 43.3 Å². The average Bonchev–Trinajstić information content (AvgIpc) is 2.75.